The number of allylic oxidation sites excluding steroid dienone is 3. The molecule has 3 nitrogen and oxygen atoms in total. The average Bonchev–Trinajstić information content (AvgIpc) is 2.92. The van der Waals surface area contributed by atoms with Crippen molar-refractivity contribution in [1.29, 1.82) is 0 Å². The molecule has 5 rings (SSSR count). The molecule has 1 unspecified atom stereocenters. The number of halogens is 1. The van der Waals surface area contributed by atoms with Gasteiger partial charge in [-0.05, 0) is 55.7 Å². The number of fused-ring (bicyclic) bond motifs is 3. The highest BCUT2D eigenvalue weighted by molar-refractivity contribution is 5.96. The van der Waals surface area contributed by atoms with Gasteiger partial charge in [0.1, 0.15) is 11.4 Å². The highest BCUT2D eigenvalue weighted by Gasteiger charge is 2.43. The minimum Gasteiger partial charge on any atom is -0.380 e. The molecule has 3 heterocycles. The van der Waals surface area contributed by atoms with Crippen molar-refractivity contribution in [2.45, 2.75) is 32.4 Å². The molecule has 4 heteroatoms. The summed E-state index contributed by atoms with van der Waals surface area (Å²) in [6.07, 6.45) is 9.04. The molecule has 0 amide bonds. The molecule has 0 fully saturated rings. The Kier molecular flexibility index (Phi) is 4.63. The monoisotopic (exact) mass is 414 g/mol. The number of aryl methyl sites for hydroxylation is 1. The number of rotatable bonds is 2. The van der Waals surface area contributed by atoms with Crippen LogP contribution in [0.2, 0.25) is 0 Å². The summed E-state index contributed by atoms with van der Waals surface area (Å²) in [5.74, 6) is -0.305. The fourth-order valence-electron chi connectivity index (χ4n) is 5.02. The van der Waals surface area contributed by atoms with Gasteiger partial charge >= 0.3 is 0 Å². The van der Waals surface area contributed by atoms with Gasteiger partial charge in [0.25, 0.3) is 0 Å². The maximum Gasteiger partial charge on any atom is 0.133 e. The molecule has 2 aliphatic heterocycles. The minimum atomic E-state index is -1.27. The smallest absolute Gasteiger partial charge is 0.133 e. The topological polar surface area (TPSA) is 28.4 Å². The Bertz CT molecular complexity index is 1260. The zero-order chi connectivity index (χ0) is 21.8. The van der Waals surface area contributed by atoms with E-state index in [0.29, 0.717) is 12.1 Å². The van der Waals surface area contributed by atoms with Crippen molar-refractivity contribution in [2.75, 3.05) is 13.6 Å². The Hall–Kier alpha value is -3.11. The third-order valence-corrected chi connectivity index (χ3v) is 6.54. The molecule has 0 saturated carbocycles. The summed E-state index contributed by atoms with van der Waals surface area (Å²) >= 11 is 0. The molecule has 0 radical (unpaired) electrons. The molecule has 158 valence electrons. The third kappa shape index (κ3) is 3.05. The van der Waals surface area contributed by atoms with Crippen molar-refractivity contribution in [3.05, 3.63) is 101 Å². The van der Waals surface area contributed by atoms with Gasteiger partial charge in [0.2, 0.25) is 0 Å². The maximum atomic E-state index is 13.7. The number of nitrogens with zero attached hydrogens (tertiary/aromatic N) is 2. The summed E-state index contributed by atoms with van der Waals surface area (Å²) < 4.78 is 15.9. The van der Waals surface area contributed by atoms with Crippen LogP contribution in [-0.2, 0) is 18.6 Å². The first-order valence-corrected chi connectivity index (χ1v) is 10.8. The summed E-state index contributed by atoms with van der Waals surface area (Å²) in [6, 6.07) is 12.8. The van der Waals surface area contributed by atoms with E-state index in [1.807, 2.05) is 25.2 Å². The quantitative estimate of drug-likeness (QED) is 0.615. The van der Waals surface area contributed by atoms with Crippen LogP contribution in [0.5, 0.6) is 0 Å². The van der Waals surface area contributed by atoms with E-state index < -0.39 is 5.60 Å². The number of aliphatic hydroxyl groups is 1. The zero-order valence-corrected chi connectivity index (χ0v) is 18.2. The Morgan fingerprint density at radius 3 is 2.65 bits per heavy atom. The Morgan fingerprint density at radius 1 is 1.13 bits per heavy atom. The van der Waals surface area contributed by atoms with Gasteiger partial charge in [-0.2, -0.15) is 0 Å². The van der Waals surface area contributed by atoms with Gasteiger partial charge in [0, 0.05) is 41.8 Å². The van der Waals surface area contributed by atoms with E-state index in [-0.39, 0.29) is 5.82 Å². The first-order chi connectivity index (χ1) is 14.9. The van der Waals surface area contributed by atoms with Crippen molar-refractivity contribution in [1.82, 2.24) is 9.47 Å². The molecule has 0 spiro atoms. The zero-order valence-electron chi connectivity index (χ0n) is 18.2. The van der Waals surface area contributed by atoms with E-state index in [4.69, 9.17) is 0 Å². The summed E-state index contributed by atoms with van der Waals surface area (Å²) in [5.41, 5.74) is 6.18. The lowest BCUT2D eigenvalue weighted by Gasteiger charge is -2.39. The van der Waals surface area contributed by atoms with Crippen LogP contribution >= 0.6 is 0 Å². The van der Waals surface area contributed by atoms with Crippen LogP contribution in [0.4, 0.5) is 4.39 Å². The lowest BCUT2D eigenvalue weighted by Crippen LogP contribution is -2.38. The number of benzene rings is 2. The van der Waals surface area contributed by atoms with Gasteiger partial charge in [-0.15, -0.1) is 0 Å². The summed E-state index contributed by atoms with van der Waals surface area (Å²) in [5, 5.41) is 13.4. The van der Waals surface area contributed by atoms with E-state index in [0.717, 1.165) is 29.6 Å². The first kappa shape index (κ1) is 19.8. The van der Waals surface area contributed by atoms with Gasteiger partial charge in [-0.1, -0.05) is 42.0 Å². The fraction of sp³-hybridized carbons (Fsp3) is 0.259. The lowest BCUT2D eigenvalue weighted by molar-refractivity contribution is 0.0586. The van der Waals surface area contributed by atoms with Crippen molar-refractivity contribution in [3.63, 3.8) is 0 Å². The fourth-order valence-corrected chi connectivity index (χ4v) is 5.02. The standard InChI is InChI=1S/C27H27FN2O/c1-4-5-6-24-23-16-29(3)14-13-21-22-15-18(2)7-12-25(22)30(26(21)23)17-27(24,31)19-8-10-20(28)11-9-19/h4-12,15-16,31H,13-14,17H2,1-3H3/b5-4-,24-6+. The molecule has 2 aromatic carbocycles. The molecule has 0 saturated heterocycles. The van der Waals surface area contributed by atoms with Gasteiger partial charge in [0.05, 0.1) is 12.2 Å². The van der Waals surface area contributed by atoms with E-state index >= 15 is 0 Å². The first-order valence-electron chi connectivity index (χ1n) is 10.8. The van der Waals surface area contributed by atoms with Crippen LogP contribution in [0.15, 0.2) is 72.5 Å². The number of hydrogen-bond acceptors (Lipinski definition) is 2. The van der Waals surface area contributed by atoms with Crippen LogP contribution in [0.3, 0.4) is 0 Å². The second kappa shape index (κ2) is 7.24. The van der Waals surface area contributed by atoms with Gasteiger partial charge in [-0.3, -0.25) is 0 Å². The molecular formula is C27H27FN2O. The third-order valence-electron chi connectivity index (χ3n) is 6.54. The highest BCUT2D eigenvalue weighted by Crippen LogP contribution is 2.49. The molecule has 31 heavy (non-hydrogen) atoms. The van der Waals surface area contributed by atoms with Gasteiger partial charge in [0.15, 0.2) is 0 Å². The highest BCUT2D eigenvalue weighted by atomic mass is 19.1. The SMILES string of the molecule is C/C=C\C=C1/C2=CN(C)CCc3c2n(c2ccc(C)cc32)CC1(O)c1ccc(F)cc1. The van der Waals surface area contributed by atoms with Gasteiger partial charge in [-0.25, -0.2) is 4.39 Å². The molecule has 0 bridgehead atoms. The molecule has 2 aliphatic rings. The van der Waals surface area contributed by atoms with E-state index in [9.17, 15) is 9.50 Å². The molecule has 1 atom stereocenters. The Morgan fingerprint density at radius 2 is 1.90 bits per heavy atom. The second-order valence-corrected chi connectivity index (χ2v) is 8.68. The second-order valence-electron chi connectivity index (χ2n) is 8.68. The van der Waals surface area contributed by atoms with Crippen LogP contribution < -0.4 is 0 Å². The van der Waals surface area contributed by atoms with Crippen molar-refractivity contribution >= 4 is 16.5 Å². The minimum absolute atomic E-state index is 0.305. The van der Waals surface area contributed by atoms with Gasteiger partial charge < -0.3 is 14.6 Å². The van der Waals surface area contributed by atoms with Crippen LogP contribution in [-0.4, -0.2) is 28.2 Å². The normalized spacial score (nSPS) is 22.2. The molecule has 1 N–H and O–H groups in total. The van der Waals surface area contributed by atoms with E-state index in [2.05, 4.69) is 47.8 Å². The largest absolute Gasteiger partial charge is 0.380 e. The van der Waals surface area contributed by atoms with E-state index in [1.165, 1.54) is 34.3 Å². The predicted molar refractivity (Wildman–Crippen MR) is 124 cm³/mol. The van der Waals surface area contributed by atoms with Crippen LogP contribution in [0.1, 0.15) is 29.3 Å². The average molecular weight is 415 g/mol. The molecule has 0 aliphatic carbocycles. The van der Waals surface area contributed by atoms with E-state index in [1.54, 1.807) is 12.1 Å². The number of aromatic nitrogens is 1. The summed E-state index contributed by atoms with van der Waals surface area (Å²) in [6.45, 7) is 5.39. The van der Waals surface area contributed by atoms with Crippen LogP contribution in [0.25, 0.3) is 16.5 Å². The number of hydrogen-bond donors (Lipinski definition) is 1. The molecule has 1 aromatic heterocycles. The maximum absolute atomic E-state index is 13.7. The summed E-state index contributed by atoms with van der Waals surface area (Å²) in [4.78, 5) is 2.20. The van der Waals surface area contributed by atoms with Crippen molar-refractivity contribution in [3.8, 4) is 0 Å². The van der Waals surface area contributed by atoms with Crippen LogP contribution in [0, 0.1) is 12.7 Å². The Balaban J connectivity index is 1.86. The molecule has 3 aromatic rings. The lowest BCUT2D eigenvalue weighted by atomic mass is 9.77. The Labute approximate surface area is 182 Å². The van der Waals surface area contributed by atoms with Crippen molar-refractivity contribution in [2.24, 2.45) is 0 Å². The predicted octanol–water partition coefficient (Wildman–Crippen LogP) is 5.32. The van der Waals surface area contributed by atoms with Crippen molar-refractivity contribution < 1.29 is 9.50 Å². The molecular weight excluding hydrogens is 387 g/mol. The summed E-state index contributed by atoms with van der Waals surface area (Å²) in [7, 11) is 2.08. The number of likely N-dealkylation sites (N-methyl/N-ethyl adjacent to an activating group) is 1.